The number of nitrogens with zero attached hydrogens (tertiary/aromatic N) is 3. The van der Waals surface area contributed by atoms with E-state index in [1.165, 1.54) is 4.68 Å². The molecule has 0 saturated heterocycles. The summed E-state index contributed by atoms with van der Waals surface area (Å²) in [6, 6.07) is 5.32. The Morgan fingerprint density at radius 3 is 2.35 bits per heavy atom. The third kappa shape index (κ3) is 1.82. The number of hydrogen-bond acceptors (Lipinski definition) is 6. The topological polar surface area (TPSA) is 101 Å². The van der Waals surface area contributed by atoms with Crippen molar-refractivity contribution in [3.05, 3.63) is 18.2 Å². The minimum atomic E-state index is 0.148. The van der Waals surface area contributed by atoms with E-state index >= 15 is 0 Å². The average molecular weight is 235 g/mol. The van der Waals surface area contributed by atoms with Crippen molar-refractivity contribution >= 4 is 5.95 Å². The normalized spacial score (nSPS) is 10.2. The van der Waals surface area contributed by atoms with E-state index in [1.807, 2.05) is 0 Å². The van der Waals surface area contributed by atoms with Crippen LogP contribution in [0.3, 0.4) is 0 Å². The van der Waals surface area contributed by atoms with E-state index < -0.39 is 0 Å². The predicted molar refractivity (Wildman–Crippen MR) is 63.1 cm³/mol. The molecule has 1 aromatic heterocycles. The van der Waals surface area contributed by atoms with Crippen LogP contribution in [0.25, 0.3) is 11.4 Å². The Bertz CT molecular complexity index is 537. The molecule has 4 N–H and O–H groups in total. The van der Waals surface area contributed by atoms with E-state index in [0.29, 0.717) is 17.3 Å². The second-order valence-electron chi connectivity index (χ2n) is 3.32. The van der Waals surface area contributed by atoms with Crippen molar-refractivity contribution in [2.45, 2.75) is 0 Å². The first-order chi connectivity index (χ1) is 8.17. The molecule has 0 saturated carbocycles. The highest BCUT2D eigenvalue weighted by Gasteiger charge is 2.12. The summed E-state index contributed by atoms with van der Waals surface area (Å²) in [7, 11) is 3.13. The maximum atomic E-state index is 5.69. The van der Waals surface area contributed by atoms with Gasteiger partial charge < -0.3 is 21.1 Å². The Balaban J connectivity index is 2.50. The van der Waals surface area contributed by atoms with Gasteiger partial charge in [-0.1, -0.05) is 0 Å². The molecule has 0 aliphatic carbocycles. The van der Waals surface area contributed by atoms with Gasteiger partial charge in [-0.15, -0.1) is 10.2 Å². The second-order valence-corrected chi connectivity index (χ2v) is 3.32. The van der Waals surface area contributed by atoms with E-state index in [0.717, 1.165) is 5.56 Å². The molecule has 2 aromatic rings. The lowest BCUT2D eigenvalue weighted by Gasteiger charge is -2.09. The first-order valence-electron chi connectivity index (χ1n) is 4.85. The second kappa shape index (κ2) is 4.20. The molecule has 17 heavy (non-hydrogen) atoms. The highest BCUT2D eigenvalue weighted by molar-refractivity contribution is 5.62. The van der Waals surface area contributed by atoms with Gasteiger partial charge in [0.1, 0.15) is 0 Å². The van der Waals surface area contributed by atoms with Crippen LogP contribution in [0.5, 0.6) is 11.5 Å². The molecule has 2 rings (SSSR count). The smallest absolute Gasteiger partial charge is 0.241 e. The van der Waals surface area contributed by atoms with E-state index in [1.54, 1.807) is 32.4 Å². The average Bonchev–Trinajstić information content (AvgIpc) is 2.69. The first kappa shape index (κ1) is 11.1. The third-order valence-electron chi connectivity index (χ3n) is 2.36. The van der Waals surface area contributed by atoms with Gasteiger partial charge in [0.15, 0.2) is 17.3 Å². The van der Waals surface area contributed by atoms with Crippen LogP contribution < -0.4 is 21.1 Å². The summed E-state index contributed by atoms with van der Waals surface area (Å²) < 4.78 is 11.5. The summed E-state index contributed by atoms with van der Waals surface area (Å²) in [4.78, 5) is 0. The Hall–Kier alpha value is -2.44. The molecule has 0 unspecified atom stereocenters. The molecule has 1 aromatic carbocycles. The van der Waals surface area contributed by atoms with Crippen LogP contribution in [-0.2, 0) is 0 Å². The molecule has 0 atom stereocenters. The van der Waals surface area contributed by atoms with Gasteiger partial charge in [-0.25, -0.2) is 4.68 Å². The fraction of sp³-hybridized carbons (Fsp3) is 0.200. The van der Waals surface area contributed by atoms with E-state index in [2.05, 4.69) is 10.2 Å². The highest BCUT2D eigenvalue weighted by Crippen LogP contribution is 2.31. The molecule has 0 fully saturated rings. The number of nitrogen functional groups attached to an aromatic ring is 2. The van der Waals surface area contributed by atoms with Gasteiger partial charge in [0.25, 0.3) is 0 Å². The summed E-state index contributed by atoms with van der Waals surface area (Å²) >= 11 is 0. The summed E-state index contributed by atoms with van der Waals surface area (Å²) in [6.45, 7) is 0. The van der Waals surface area contributed by atoms with Crippen molar-refractivity contribution in [3.8, 4) is 22.9 Å². The lowest BCUT2D eigenvalue weighted by atomic mass is 10.2. The molecule has 0 spiro atoms. The van der Waals surface area contributed by atoms with Crippen LogP contribution in [0, 0.1) is 0 Å². The zero-order valence-electron chi connectivity index (χ0n) is 9.54. The molecule has 0 bridgehead atoms. The number of benzene rings is 1. The first-order valence-corrected chi connectivity index (χ1v) is 4.85. The Morgan fingerprint density at radius 1 is 1.12 bits per heavy atom. The van der Waals surface area contributed by atoms with E-state index in [4.69, 9.17) is 21.1 Å². The highest BCUT2D eigenvalue weighted by atomic mass is 16.5. The summed E-state index contributed by atoms with van der Waals surface area (Å²) in [5.41, 5.74) is 6.26. The molecule has 7 nitrogen and oxygen atoms in total. The maximum absolute atomic E-state index is 5.69. The van der Waals surface area contributed by atoms with Crippen molar-refractivity contribution in [1.29, 1.82) is 0 Å². The molecular weight excluding hydrogens is 222 g/mol. The quantitative estimate of drug-likeness (QED) is 0.740. The molecule has 0 aliphatic heterocycles. The monoisotopic (exact) mass is 235 g/mol. The number of anilines is 1. The SMILES string of the molecule is COc1ccc(-c2nnc(N)n2N)cc1OC. The Morgan fingerprint density at radius 2 is 1.82 bits per heavy atom. The molecule has 90 valence electrons. The van der Waals surface area contributed by atoms with Gasteiger partial charge >= 0.3 is 0 Å². The number of aromatic nitrogens is 3. The molecule has 1 heterocycles. The van der Waals surface area contributed by atoms with Crippen molar-refractivity contribution in [2.24, 2.45) is 0 Å². The Labute approximate surface area is 97.9 Å². The zero-order valence-corrected chi connectivity index (χ0v) is 9.54. The van der Waals surface area contributed by atoms with Crippen LogP contribution in [0.1, 0.15) is 0 Å². The van der Waals surface area contributed by atoms with Crippen LogP contribution >= 0.6 is 0 Å². The van der Waals surface area contributed by atoms with Crippen molar-refractivity contribution in [3.63, 3.8) is 0 Å². The summed E-state index contributed by atoms with van der Waals surface area (Å²) in [5, 5.41) is 7.57. The summed E-state index contributed by atoms with van der Waals surface area (Å²) in [5.74, 6) is 7.52. The van der Waals surface area contributed by atoms with Gasteiger partial charge in [0.05, 0.1) is 14.2 Å². The van der Waals surface area contributed by atoms with Crippen LogP contribution in [0.4, 0.5) is 5.95 Å². The number of nitrogens with two attached hydrogens (primary N) is 2. The number of rotatable bonds is 3. The van der Waals surface area contributed by atoms with Crippen molar-refractivity contribution in [1.82, 2.24) is 14.9 Å². The number of methoxy groups -OCH3 is 2. The third-order valence-corrected chi connectivity index (χ3v) is 2.36. The lowest BCUT2D eigenvalue weighted by molar-refractivity contribution is 0.355. The number of hydrogen-bond donors (Lipinski definition) is 2. The van der Waals surface area contributed by atoms with E-state index in [9.17, 15) is 0 Å². The van der Waals surface area contributed by atoms with Gasteiger partial charge in [0.2, 0.25) is 5.95 Å². The minimum Gasteiger partial charge on any atom is -0.493 e. The lowest BCUT2D eigenvalue weighted by Crippen LogP contribution is -2.13. The molecular formula is C10H13N5O2. The largest absolute Gasteiger partial charge is 0.493 e. The zero-order chi connectivity index (χ0) is 12.4. The maximum Gasteiger partial charge on any atom is 0.241 e. The number of ether oxygens (including phenoxy) is 2. The molecule has 0 aliphatic rings. The van der Waals surface area contributed by atoms with Crippen LogP contribution in [-0.4, -0.2) is 29.1 Å². The fourth-order valence-electron chi connectivity index (χ4n) is 1.48. The van der Waals surface area contributed by atoms with Gasteiger partial charge in [-0.3, -0.25) is 0 Å². The molecule has 0 amide bonds. The fourth-order valence-corrected chi connectivity index (χ4v) is 1.48. The van der Waals surface area contributed by atoms with Gasteiger partial charge in [-0.2, -0.15) is 0 Å². The summed E-state index contributed by atoms with van der Waals surface area (Å²) in [6.07, 6.45) is 0. The Kier molecular flexibility index (Phi) is 2.73. The van der Waals surface area contributed by atoms with Crippen LogP contribution in [0.15, 0.2) is 18.2 Å². The van der Waals surface area contributed by atoms with Gasteiger partial charge in [0, 0.05) is 5.56 Å². The van der Waals surface area contributed by atoms with Gasteiger partial charge in [-0.05, 0) is 18.2 Å². The minimum absolute atomic E-state index is 0.148. The predicted octanol–water partition coefficient (Wildman–Crippen LogP) is 0.258. The standard InChI is InChI=1S/C10H13N5O2/c1-16-7-4-3-6(5-8(7)17-2)9-13-14-10(11)15(9)12/h3-5H,12H2,1-2H3,(H2,11,14). The van der Waals surface area contributed by atoms with Crippen molar-refractivity contribution in [2.75, 3.05) is 25.8 Å². The molecule has 0 radical (unpaired) electrons. The van der Waals surface area contributed by atoms with Crippen LogP contribution in [0.2, 0.25) is 0 Å². The van der Waals surface area contributed by atoms with Crippen molar-refractivity contribution < 1.29 is 9.47 Å². The molecule has 7 heteroatoms. The van der Waals surface area contributed by atoms with E-state index in [-0.39, 0.29) is 5.95 Å².